The number of benzene rings is 1. The molecule has 1 aromatic carbocycles. The molecule has 28 heavy (non-hydrogen) atoms. The Morgan fingerprint density at radius 3 is 2.29 bits per heavy atom. The van der Waals surface area contributed by atoms with Gasteiger partial charge in [0.2, 0.25) is 5.69 Å². The van der Waals surface area contributed by atoms with Gasteiger partial charge < -0.3 is 0 Å². The zero-order chi connectivity index (χ0) is 20.6. The van der Waals surface area contributed by atoms with Gasteiger partial charge in [0.25, 0.3) is 0 Å². The highest BCUT2D eigenvalue weighted by Crippen LogP contribution is 2.49. The van der Waals surface area contributed by atoms with E-state index in [2.05, 4.69) is 95.6 Å². The van der Waals surface area contributed by atoms with Crippen molar-refractivity contribution >= 4 is 0 Å². The van der Waals surface area contributed by atoms with Gasteiger partial charge in [-0.15, -0.1) is 0 Å². The summed E-state index contributed by atoms with van der Waals surface area (Å²) in [5, 5.41) is 0. The number of rotatable bonds is 7. The van der Waals surface area contributed by atoms with Gasteiger partial charge in [0.15, 0.2) is 11.7 Å². The molecule has 0 N–H and O–H groups in total. The Labute approximate surface area is 173 Å². The molecule has 1 aliphatic heterocycles. The van der Waals surface area contributed by atoms with Crippen molar-refractivity contribution in [1.29, 1.82) is 0 Å². The number of nitrogens with zero attached hydrogens (tertiary/aromatic N) is 1. The van der Waals surface area contributed by atoms with E-state index in [4.69, 9.17) is 0 Å². The second-order valence-corrected chi connectivity index (χ2v) is 9.87. The van der Waals surface area contributed by atoms with Crippen molar-refractivity contribution < 1.29 is 4.57 Å². The van der Waals surface area contributed by atoms with Gasteiger partial charge in [0.1, 0.15) is 0 Å². The van der Waals surface area contributed by atoms with Gasteiger partial charge in [-0.3, -0.25) is 0 Å². The van der Waals surface area contributed by atoms with Crippen molar-refractivity contribution in [1.82, 2.24) is 0 Å². The third-order valence-corrected chi connectivity index (χ3v) is 8.06. The van der Waals surface area contributed by atoms with Crippen molar-refractivity contribution in [2.45, 2.75) is 103 Å². The Hall–Kier alpha value is -1.63. The lowest BCUT2D eigenvalue weighted by atomic mass is 9.60. The van der Waals surface area contributed by atoms with E-state index in [1.54, 1.807) is 0 Å². The summed E-state index contributed by atoms with van der Waals surface area (Å²) < 4.78 is 2.59. The smallest absolute Gasteiger partial charge is 0.192 e. The lowest BCUT2D eigenvalue weighted by Gasteiger charge is -2.46. The SMILES string of the molecule is CCCCCC(C)(C)c1cc[n+]2c(c1)-c1ccccc1C(C)(CC)C2(C)CC. The van der Waals surface area contributed by atoms with Gasteiger partial charge in [0.05, 0.1) is 11.0 Å². The molecule has 2 aromatic rings. The standard InChI is InChI=1S/C27H40N/c1-8-11-14-18-25(4,5)21-17-19-28-24(20-21)22-15-12-13-16-23(22)26(6,9-2)27(28,7)10-3/h12-13,15-17,19-20H,8-11,14,18H2,1-7H3/q+1. The van der Waals surface area contributed by atoms with Crippen LogP contribution < -0.4 is 4.57 Å². The van der Waals surface area contributed by atoms with Crippen LogP contribution in [0, 0.1) is 0 Å². The maximum absolute atomic E-state index is 2.59. The van der Waals surface area contributed by atoms with Crippen LogP contribution in [0.25, 0.3) is 11.3 Å². The minimum absolute atomic E-state index is 0.0797. The lowest BCUT2D eigenvalue weighted by molar-refractivity contribution is -0.765. The van der Waals surface area contributed by atoms with E-state index in [0.29, 0.717) is 0 Å². The summed E-state index contributed by atoms with van der Waals surface area (Å²) in [5.41, 5.74) is 6.24. The van der Waals surface area contributed by atoms with Crippen molar-refractivity contribution in [2.24, 2.45) is 0 Å². The highest BCUT2D eigenvalue weighted by atomic mass is 15.1. The van der Waals surface area contributed by atoms with Gasteiger partial charge in [-0.25, -0.2) is 0 Å². The molecule has 0 bridgehead atoms. The van der Waals surface area contributed by atoms with E-state index in [1.807, 2.05) is 0 Å². The molecule has 0 saturated heterocycles. The van der Waals surface area contributed by atoms with Crippen molar-refractivity contribution in [3.05, 3.63) is 53.7 Å². The summed E-state index contributed by atoms with van der Waals surface area (Å²) in [5.74, 6) is 0. The second-order valence-electron chi connectivity index (χ2n) is 9.87. The first kappa shape index (κ1) is 21.1. The van der Waals surface area contributed by atoms with E-state index in [-0.39, 0.29) is 16.4 Å². The molecule has 0 radical (unpaired) electrons. The molecule has 0 spiro atoms. The number of hydrogen-bond donors (Lipinski definition) is 0. The molecular weight excluding hydrogens is 338 g/mol. The predicted molar refractivity (Wildman–Crippen MR) is 121 cm³/mol. The molecule has 1 nitrogen and oxygen atoms in total. The maximum Gasteiger partial charge on any atom is 0.213 e. The Bertz CT molecular complexity index is 834. The first-order valence-corrected chi connectivity index (χ1v) is 11.4. The molecule has 1 aliphatic rings. The minimum atomic E-state index is 0.0797. The molecule has 1 aromatic heterocycles. The van der Waals surface area contributed by atoms with Gasteiger partial charge >= 0.3 is 0 Å². The lowest BCUT2D eigenvalue weighted by Crippen LogP contribution is -2.67. The summed E-state index contributed by atoms with van der Waals surface area (Å²) >= 11 is 0. The van der Waals surface area contributed by atoms with Crippen molar-refractivity contribution in [3.8, 4) is 11.3 Å². The van der Waals surface area contributed by atoms with Crippen molar-refractivity contribution in [2.75, 3.05) is 0 Å². The number of hydrogen-bond acceptors (Lipinski definition) is 0. The normalized spacial score (nSPS) is 24.0. The Morgan fingerprint density at radius 2 is 1.64 bits per heavy atom. The molecule has 152 valence electrons. The number of fused-ring (bicyclic) bond motifs is 3. The first-order valence-electron chi connectivity index (χ1n) is 11.4. The van der Waals surface area contributed by atoms with Gasteiger partial charge in [-0.05, 0) is 42.4 Å². The van der Waals surface area contributed by atoms with Crippen LogP contribution in [0.5, 0.6) is 0 Å². The van der Waals surface area contributed by atoms with E-state index in [0.717, 1.165) is 12.8 Å². The molecule has 3 rings (SSSR count). The third kappa shape index (κ3) is 3.11. The third-order valence-electron chi connectivity index (χ3n) is 8.06. The van der Waals surface area contributed by atoms with E-state index in [9.17, 15) is 0 Å². The monoisotopic (exact) mass is 378 g/mol. The van der Waals surface area contributed by atoms with Crippen LogP contribution in [-0.2, 0) is 16.4 Å². The fourth-order valence-corrected chi connectivity index (χ4v) is 5.40. The molecule has 2 atom stereocenters. The van der Waals surface area contributed by atoms with E-state index in [1.165, 1.54) is 48.1 Å². The molecule has 0 fully saturated rings. The van der Waals surface area contributed by atoms with Crippen LogP contribution in [0.1, 0.15) is 98.1 Å². The number of aromatic nitrogens is 1. The zero-order valence-electron chi connectivity index (χ0n) is 19.2. The van der Waals surface area contributed by atoms with Gasteiger partial charge in [0, 0.05) is 25.5 Å². The number of pyridine rings is 1. The highest BCUT2D eigenvalue weighted by molar-refractivity contribution is 5.66. The highest BCUT2D eigenvalue weighted by Gasteiger charge is 2.56. The molecule has 1 heteroatoms. The minimum Gasteiger partial charge on any atom is -0.192 e. The molecule has 2 unspecified atom stereocenters. The largest absolute Gasteiger partial charge is 0.213 e. The maximum atomic E-state index is 2.59. The van der Waals surface area contributed by atoms with Crippen LogP contribution in [-0.4, -0.2) is 0 Å². The zero-order valence-corrected chi connectivity index (χ0v) is 19.2. The van der Waals surface area contributed by atoms with Crippen LogP contribution in [0.2, 0.25) is 0 Å². The quantitative estimate of drug-likeness (QED) is 0.351. The van der Waals surface area contributed by atoms with Crippen molar-refractivity contribution in [3.63, 3.8) is 0 Å². The van der Waals surface area contributed by atoms with Gasteiger partial charge in [-0.1, -0.05) is 72.1 Å². The van der Waals surface area contributed by atoms with Gasteiger partial charge in [-0.2, -0.15) is 4.57 Å². The summed E-state index contributed by atoms with van der Waals surface area (Å²) in [6.45, 7) is 16.7. The Kier molecular flexibility index (Phi) is 5.76. The van der Waals surface area contributed by atoms with Crippen LogP contribution in [0.4, 0.5) is 0 Å². The van der Waals surface area contributed by atoms with Crippen LogP contribution in [0.15, 0.2) is 42.6 Å². The average Bonchev–Trinajstić information content (AvgIpc) is 2.71. The first-order chi connectivity index (χ1) is 13.2. The summed E-state index contributed by atoms with van der Waals surface area (Å²) in [4.78, 5) is 0. The summed E-state index contributed by atoms with van der Waals surface area (Å²) in [6.07, 6.45) is 9.84. The Balaban J connectivity index is 2.18. The van der Waals surface area contributed by atoms with Crippen LogP contribution in [0.3, 0.4) is 0 Å². The fraction of sp³-hybridized carbons (Fsp3) is 0.593. The molecule has 0 saturated carbocycles. The molecular formula is C27H40N+. The van der Waals surface area contributed by atoms with E-state index >= 15 is 0 Å². The summed E-state index contributed by atoms with van der Waals surface area (Å²) in [7, 11) is 0. The van der Waals surface area contributed by atoms with Crippen LogP contribution >= 0.6 is 0 Å². The number of unbranched alkanes of at least 4 members (excludes halogenated alkanes) is 2. The average molecular weight is 379 g/mol. The topological polar surface area (TPSA) is 3.88 Å². The predicted octanol–water partition coefficient (Wildman–Crippen LogP) is 7.31. The molecule has 0 amide bonds. The fourth-order valence-electron chi connectivity index (χ4n) is 5.40. The Morgan fingerprint density at radius 1 is 0.929 bits per heavy atom. The van der Waals surface area contributed by atoms with E-state index < -0.39 is 0 Å². The second kappa shape index (κ2) is 7.65. The molecule has 2 heterocycles. The molecule has 0 aliphatic carbocycles. The summed E-state index contributed by atoms with van der Waals surface area (Å²) in [6, 6.07) is 14.0.